The van der Waals surface area contributed by atoms with Crippen LogP contribution in [-0.2, 0) is 6.54 Å². The Bertz CT molecular complexity index is 763. The van der Waals surface area contributed by atoms with Crippen molar-refractivity contribution in [2.45, 2.75) is 46.1 Å². The van der Waals surface area contributed by atoms with E-state index in [2.05, 4.69) is 12.1 Å². The number of hydrogen-bond acceptors (Lipinski definition) is 4. The number of aromatic nitrogens is 1. The molecule has 5 heteroatoms. The Morgan fingerprint density at radius 1 is 1.30 bits per heavy atom. The van der Waals surface area contributed by atoms with E-state index in [9.17, 15) is 4.79 Å². The molecule has 0 fully saturated rings. The lowest BCUT2D eigenvalue weighted by atomic mass is 10.1. The molecule has 1 heterocycles. The smallest absolute Gasteiger partial charge is 0.263 e. The number of methoxy groups -OCH3 is 1. The molecule has 1 N–H and O–H groups in total. The minimum atomic E-state index is -0.187. The highest BCUT2D eigenvalue weighted by atomic mass is 16.5. The second kappa shape index (κ2) is 7.81. The minimum absolute atomic E-state index is 0.187. The first kappa shape index (κ1) is 17.1. The van der Waals surface area contributed by atoms with Gasteiger partial charge in [0.1, 0.15) is 11.3 Å². The Morgan fingerprint density at radius 2 is 2.09 bits per heavy atom. The molecule has 0 atom stereocenters. The Labute approximate surface area is 136 Å². The first-order valence-corrected chi connectivity index (χ1v) is 8.02. The second-order valence-electron chi connectivity index (χ2n) is 5.73. The molecule has 0 unspecified atom stereocenters. The van der Waals surface area contributed by atoms with E-state index in [1.54, 1.807) is 4.57 Å². The molecule has 124 valence electrons. The number of hydrogen-bond donors (Lipinski definition) is 1. The number of fused-ring (bicyclic) bond motifs is 1. The molecule has 1 aromatic carbocycles. The zero-order chi connectivity index (χ0) is 16.8. The fourth-order valence-electron chi connectivity index (χ4n) is 2.87. The van der Waals surface area contributed by atoms with Gasteiger partial charge in [0.25, 0.3) is 5.56 Å². The summed E-state index contributed by atoms with van der Waals surface area (Å²) in [6.07, 6.45) is 5.50. The lowest BCUT2D eigenvalue weighted by molar-refractivity contribution is 0.321. The lowest BCUT2D eigenvalue weighted by Gasteiger charge is -2.16. The molecule has 5 nitrogen and oxygen atoms in total. The van der Waals surface area contributed by atoms with Crippen LogP contribution in [-0.4, -0.2) is 23.1 Å². The molecular formula is C18H24N2O3. The summed E-state index contributed by atoms with van der Waals surface area (Å²) in [5, 5.41) is 12.8. The van der Waals surface area contributed by atoms with Gasteiger partial charge < -0.3 is 14.5 Å². The SMILES string of the molecule is CCCCCCn1c(=O)c(C=NO)c(OC)c2cc(C)ccc21. The van der Waals surface area contributed by atoms with E-state index in [4.69, 9.17) is 9.94 Å². The molecule has 0 bridgehead atoms. The van der Waals surface area contributed by atoms with Crippen molar-refractivity contribution in [3.8, 4) is 5.75 Å². The number of oxime groups is 1. The first-order valence-electron chi connectivity index (χ1n) is 8.02. The summed E-state index contributed by atoms with van der Waals surface area (Å²) in [5.41, 5.74) is 2.03. The van der Waals surface area contributed by atoms with Crippen LogP contribution in [0.25, 0.3) is 10.9 Å². The van der Waals surface area contributed by atoms with Crippen molar-refractivity contribution in [3.05, 3.63) is 39.7 Å². The molecular weight excluding hydrogens is 292 g/mol. The van der Waals surface area contributed by atoms with Gasteiger partial charge in [0, 0.05) is 11.9 Å². The zero-order valence-electron chi connectivity index (χ0n) is 14.0. The first-order chi connectivity index (χ1) is 11.1. The van der Waals surface area contributed by atoms with Gasteiger partial charge in [0.15, 0.2) is 0 Å². The van der Waals surface area contributed by atoms with Crippen molar-refractivity contribution < 1.29 is 9.94 Å². The highest BCUT2D eigenvalue weighted by Gasteiger charge is 2.16. The third kappa shape index (κ3) is 3.55. The average Bonchev–Trinajstić information content (AvgIpc) is 2.54. The predicted molar refractivity (Wildman–Crippen MR) is 93.0 cm³/mol. The fraction of sp³-hybridized carbons (Fsp3) is 0.444. The van der Waals surface area contributed by atoms with Crippen molar-refractivity contribution >= 4 is 17.1 Å². The monoisotopic (exact) mass is 316 g/mol. The molecule has 0 spiro atoms. The van der Waals surface area contributed by atoms with E-state index in [1.165, 1.54) is 7.11 Å². The number of pyridine rings is 1. The maximum absolute atomic E-state index is 12.8. The summed E-state index contributed by atoms with van der Waals surface area (Å²) in [5.74, 6) is 0.455. The Morgan fingerprint density at radius 3 is 2.74 bits per heavy atom. The van der Waals surface area contributed by atoms with Gasteiger partial charge >= 0.3 is 0 Å². The van der Waals surface area contributed by atoms with Crippen LogP contribution in [0.3, 0.4) is 0 Å². The van der Waals surface area contributed by atoms with Crippen LogP contribution in [0.1, 0.15) is 43.7 Å². The zero-order valence-corrected chi connectivity index (χ0v) is 14.0. The number of ether oxygens (including phenoxy) is 1. The van der Waals surface area contributed by atoms with Gasteiger partial charge in [0.05, 0.1) is 18.8 Å². The molecule has 23 heavy (non-hydrogen) atoms. The fourth-order valence-corrected chi connectivity index (χ4v) is 2.87. The maximum Gasteiger partial charge on any atom is 0.263 e. The van der Waals surface area contributed by atoms with E-state index >= 15 is 0 Å². The van der Waals surface area contributed by atoms with E-state index in [-0.39, 0.29) is 11.1 Å². The number of benzene rings is 1. The molecule has 0 aliphatic rings. The van der Waals surface area contributed by atoms with Crippen molar-refractivity contribution in [2.75, 3.05) is 7.11 Å². The van der Waals surface area contributed by atoms with Gasteiger partial charge in [-0.1, -0.05) is 43.0 Å². The lowest BCUT2D eigenvalue weighted by Crippen LogP contribution is -2.25. The molecule has 2 aromatic rings. The molecule has 1 aromatic heterocycles. The predicted octanol–water partition coefficient (Wildman–Crippen LogP) is 3.71. The molecule has 0 aliphatic heterocycles. The molecule has 0 saturated carbocycles. The average molecular weight is 316 g/mol. The Hall–Kier alpha value is -2.30. The van der Waals surface area contributed by atoms with Gasteiger partial charge in [-0.3, -0.25) is 4.79 Å². The summed E-state index contributed by atoms with van der Waals surface area (Å²) in [6.45, 7) is 4.80. The number of aryl methyl sites for hydroxylation is 2. The maximum atomic E-state index is 12.8. The Balaban J connectivity index is 2.64. The molecule has 2 rings (SSSR count). The van der Waals surface area contributed by atoms with Crippen LogP contribution in [0.15, 0.2) is 28.1 Å². The van der Waals surface area contributed by atoms with E-state index in [0.29, 0.717) is 12.3 Å². The minimum Gasteiger partial charge on any atom is -0.495 e. The Kier molecular flexibility index (Phi) is 5.79. The van der Waals surface area contributed by atoms with Gasteiger partial charge in [-0.25, -0.2) is 0 Å². The van der Waals surface area contributed by atoms with Gasteiger partial charge in [-0.05, 0) is 25.5 Å². The van der Waals surface area contributed by atoms with E-state index < -0.39 is 0 Å². The largest absolute Gasteiger partial charge is 0.495 e. The number of rotatable bonds is 7. The summed E-state index contributed by atoms with van der Waals surface area (Å²) in [4.78, 5) is 12.8. The van der Waals surface area contributed by atoms with Crippen LogP contribution in [0, 0.1) is 6.92 Å². The van der Waals surface area contributed by atoms with Crippen LogP contribution in [0.2, 0.25) is 0 Å². The van der Waals surface area contributed by atoms with Crippen LogP contribution < -0.4 is 10.3 Å². The van der Waals surface area contributed by atoms with Gasteiger partial charge in [0.2, 0.25) is 0 Å². The van der Waals surface area contributed by atoms with E-state index in [0.717, 1.165) is 48.4 Å². The summed E-state index contributed by atoms with van der Waals surface area (Å²) in [7, 11) is 1.52. The van der Waals surface area contributed by atoms with Crippen LogP contribution in [0.5, 0.6) is 5.75 Å². The molecule has 0 saturated heterocycles. The topological polar surface area (TPSA) is 63.8 Å². The van der Waals surface area contributed by atoms with Crippen molar-refractivity contribution in [1.29, 1.82) is 0 Å². The third-order valence-electron chi connectivity index (χ3n) is 4.03. The summed E-state index contributed by atoms with van der Waals surface area (Å²) < 4.78 is 7.18. The summed E-state index contributed by atoms with van der Waals surface area (Å²) >= 11 is 0. The van der Waals surface area contributed by atoms with Gasteiger partial charge in [-0.15, -0.1) is 0 Å². The van der Waals surface area contributed by atoms with Crippen molar-refractivity contribution in [1.82, 2.24) is 4.57 Å². The third-order valence-corrected chi connectivity index (χ3v) is 4.03. The molecule has 0 aliphatic carbocycles. The highest BCUT2D eigenvalue weighted by Crippen LogP contribution is 2.28. The van der Waals surface area contributed by atoms with Gasteiger partial charge in [-0.2, -0.15) is 0 Å². The summed E-state index contributed by atoms with van der Waals surface area (Å²) in [6, 6.07) is 5.93. The van der Waals surface area contributed by atoms with E-state index in [1.807, 2.05) is 25.1 Å². The quantitative estimate of drug-likeness (QED) is 0.366. The van der Waals surface area contributed by atoms with Crippen molar-refractivity contribution in [3.63, 3.8) is 0 Å². The second-order valence-corrected chi connectivity index (χ2v) is 5.73. The van der Waals surface area contributed by atoms with Crippen molar-refractivity contribution in [2.24, 2.45) is 5.16 Å². The number of nitrogens with zero attached hydrogens (tertiary/aromatic N) is 2. The normalized spacial score (nSPS) is 11.4. The standard InChI is InChI=1S/C18H24N2O3/c1-4-5-6-7-10-20-16-9-8-13(2)11-14(16)17(23-3)15(12-19-22)18(20)21/h8-9,11-12,22H,4-7,10H2,1-3H3. The van der Waals surface area contributed by atoms with Crippen LogP contribution in [0.4, 0.5) is 0 Å². The number of unbranched alkanes of at least 4 members (excludes halogenated alkanes) is 3. The molecule has 0 amide bonds. The molecule has 0 radical (unpaired) electrons. The van der Waals surface area contributed by atoms with Crippen LogP contribution >= 0.6 is 0 Å². The highest BCUT2D eigenvalue weighted by molar-refractivity contribution is 5.95.